The van der Waals surface area contributed by atoms with E-state index in [9.17, 15) is 14.0 Å². The molecule has 1 amide bonds. The van der Waals surface area contributed by atoms with Crippen LogP contribution in [0.4, 0.5) is 9.18 Å². The topological polar surface area (TPSA) is 67.4 Å². The largest absolute Gasteiger partial charge is 0.444 e. The van der Waals surface area contributed by atoms with Crippen LogP contribution in [0.3, 0.4) is 0 Å². The van der Waals surface area contributed by atoms with Gasteiger partial charge in [0.25, 0.3) is 0 Å². The predicted octanol–water partition coefficient (Wildman–Crippen LogP) is 3.64. The monoisotopic (exact) mass is 366 g/mol. The summed E-state index contributed by atoms with van der Waals surface area (Å²) < 4.78 is 19.4. The van der Waals surface area contributed by atoms with Gasteiger partial charge in [0.15, 0.2) is 12.2 Å². The van der Waals surface area contributed by atoms with Gasteiger partial charge in [-0.15, -0.1) is 0 Å². The lowest BCUT2D eigenvalue weighted by Crippen LogP contribution is -2.60. The van der Waals surface area contributed by atoms with Crippen LogP contribution in [0.2, 0.25) is 5.02 Å². The third kappa shape index (κ3) is 5.32. The number of alkyl carbamates (subject to hydrolysis) is 1. The van der Waals surface area contributed by atoms with Gasteiger partial charge in [0.05, 0.1) is 5.57 Å². The van der Waals surface area contributed by atoms with Crippen molar-refractivity contribution in [2.45, 2.75) is 38.5 Å². The molecule has 0 aromatic heterocycles. The zero-order chi connectivity index (χ0) is 18.7. The second-order valence-corrected chi connectivity index (χ2v) is 7.18. The van der Waals surface area contributed by atoms with Crippen LogP contribution in [0.5, 0.6) is 0 Å². The van der Waals surface area contributed by atoms with Crippen LogP contribution in [0, 0.1) is 0 Å². The number of allylic oxidation sites excluding steroid dienone is 2. The summed E-state index contributed by atoms with van der Waals surface area (Å²) >= 11 is 5.88. The van der Waals surface area contributed by atoms with E-state index in [0.717, 1.165) is 5.56 Å². The van der Waals surface area contributed by atoms with E-state index in [1.807, 2.05) is 0 Å². The lowest BCUT2D eigenvalue weighted by molar-refractivity contribution is -0.104. The predicted molar refractivity (Wildman–Crippen MR) is 93.7 cm³/mol. The molecule has 25 heavy (non-hydrogen) atoms. The highest BCUT2D eigenvalue weighted by Crippen LogP contribution is 2.23. The van der Waals surface area contributed by atoms with E-state index < -0.39 is 23.3 Å². The van der Waals surface area contributed by atoms with Crippen molar-refractivity contribution < 1.29 is 18.7 Å². The highest BCUT2D eigenvalue weighted by Gasteiger charge is 2.35. The van der Waals surface area contributed by atoms with Gasteiger partial charge in [0, 0.05) is 11.4 Å². The van der Waals surface area contributed by atoms with E-state index in [-0.39, 0.29) is 12.0 Å². The smallest absolute Gasteiger partial charge is 0.409 e. The first-order valence-corrected chi connectivity index (χ1v) is 8.08. The third-order valence-corrected chi connectivity index (χ3v) is 3.63. The number of halogens is 2. The number of ether oxygens (including phenoxy) is 1. The van der Waals surface area contributed by atoms with E-state index in [4.69, 9.17) is 16.3 Å². The number of hydrogen-bond donors (Lipinski definition) is 2. The summed E-state index contributed by atoms with van der Waals surface area (Å²) in [7, 11) is 0. The maximum Gasteiger partial charge on any atom is 0.409 e. The van der Waals surface area contributed by atoms with Crippen LogP contribution in [0.25, 0.3) is 0 Å². The van der Waals surface area contributed by atoms with Crippen LogP contribution in [0.15, 0.2) is 47.9 Å². The quantitative estimate of drug-likeness (QED) is 0.630. The van der Waals surface area contributed by atoms with Crippen molar-refractivity contribution in [2.24, 2.45) is 0 Å². The van der Waals surface area contributed by atoms with Crippen LogP contribution >= 0.6 is 11.6 Å². The molecule has 1 unspecified atom stereocenters. The Kier molecular flexibility index (Phi) is 5.52. The average Bonchev–Trinajstić information content (AvgIpc) is 2.48. The van der Waals surface area contributed by atoms with E-state index >= 15 is 0 Å². The molecule has 0 saturated heterocycles. The lowest BCUT2D eigenvalue weighted by atomic mass is 9.96. The molecular formula is C18H20ClFN2O3. The first kappa shape index (κ1) is 19.0. The second kappa shape index (κ2) is 7.27. The Balaban J connectivity index is 2.27. The van der Waals surface area contributed by atoms with Gasteiger partial charge in [-0.2, -0.15) is 4.39 Å². The molecule has 0 bridgehead atoms. The van der Waals surface area contributed by atoms with Gasteiger partial charge in [-0.3, -0.25) is 10.1 Å². The van der Waals surface area contributed by atoms with Gasteiger partial charge in [-0.1, -0.05) is 23.7 Å². The van der Waals surface area contributed by atoms with Crippen molar-refractivity contribution in [2.75, 3.05) is 0 Å². The zero-order valence-electron chi connectivity index (χ0n) is 14.2. The molecule has 1 aromatic rings. The normalized spacial score (nSPS) is 20.0. The molecule has 1 aliphatic heterocycles. The number of hydrogen-bond acceptors (Lipinski definition) is 4. The number of nitrogens with one attached hydrogen (secondary N) is 2. The summed E-state index contributed by atoms with van der Waals surface area (Å²) in [6.07, 6.45) is 2.77. The number of rotatable bonds is 4. The molecule has 1 aliphatic rings. The molecule has 1 heterocycles. The molecule has 0 saturated carbocycles. The molecular weight excluding hydrogens is 347 g/mol. The molecule has 0 fully saturated rings. The van der Waals surface area contributed by atoms with Crippen LogP contribution in [0.1, 0.15) is 26.3 Å². The summed E-state index contributed by atoms with van der Waals surface area (Å²) in [4.78, 5) is 23.1. The Morgan fingerprint density at radius 3 is 2.52 bits per heavy atom. The van der Waals surface area contributed by atoms with E-state index in [1.165, 1.54) is 12.2 Å². The van der Waals surface area contributed by atoms with Crippen LogP contribution in [-0.4, -0.2) is 23.6 Å². The van der Waals surface area contributed by atoms with Gasteiger partial charge in [0.1, 0.15) is 11.3 Å². The van der Waals surface area contributed by atoms with Crippen molar-refractivity contribution in [3.05, 3.63) is 58.5 Å². The van der Waals surface area contributed by atoms with Crippen molar-refractivity contribution >= 4 is 24.0 Å². The van der Waals surface area contributed by atoms with Gasteiger partial charge in [-0.05, 0) is 50.6 Å². The van der Waals surface area contributed by atoms with Crippen LogP contribution < -0.4 is 10.6 Å². The first-order chi connectivity index (χ1) is 11.6. The Labute approximate surface area is 150 Å². The molecule has 1 atom stereocenters. The molecule has 0 aliphatic carbocycles. The van der Waals surface area contributed by atoms with E-state index in [2.05, 4.69) is 10.6 Å². The van der Waals surface area contributed by atoms with Crippen molar-refractivity contribution in [1.29, 1.82) is 0 Å². The van der Waals surface area contributed by atoms with Crippen molar-refractivity contribution in [3.63, 3.8) is 0 Å². The van der Waals surface area contributed by atoms with Crippen molar-refractivity contribution in [3.8, 4) is 0 Å². The van der Waals surface area contributed by atoms with Gasteiger partial charge in [-0.25, -0.2) is 4.79 Å². The maximum atomic E-state index is 14.2. The molecule has 0 radical (unpaired) electrons. The third-order valence-electron chi connectivity index (χ3n) is 3.38. The number of aldehydes is 1. The van der Waals surface area contributed by atoms with Gasteiger partial charge in [0.2, 0.25) is 0 Å². The Bertz CT molecular complexity index is 723. The number of benzene rings is 1. The highest BCUT2D eigenvalue weighted by molar-refractivity contribution is 6.30. The Morgan fingerprint density at radius 1 is 1.36 bits per heavy atom. The Hall–Kier alpha value is -2.34. The number of carbonyl (C=O) groups is 2. The molecule has 7 heteroatoms. The molecule has 1 aromatic carbocycles. The minimum absolute atomic E-state index is 0.127. The number of dihydropyridines is 1. The fourth-order valence-electron chi connectivity index (χ4n) is 2.34. The van der Waals surface area contributed by atoms with Crippen LogP contribution in [-0.2, 0) is 16.0 Å². The molecule has 134 valence electrons. The molecule has 2 rings (SSSR count). The first-order valence-electron chi connectivity index (χ1n) is 7.70. The summed E-state index contributed by atoms with van der Waals surface area (Å²) in [5, 5.41) is 5.77. The summed E-state index contributed by atoms with van der Waals surface area (Å²) in [6.45, 7) is 5.19. The zero-order valence-corrected chi connectivity index (χ0v) is 15.0. The number of amides is 1. The van der Waals surface area contributed by atoms with Crippen molar-refractivity contribution in [1.82, 2.24) is 10.6 Å². The minimum Gasteiger partial charge on any atom is -0.444 e. The second-order valence-electron chi connectivity index (χ2n) is 6.75. The fourth-order valence-corrected chi connectivity index (χ4v) is 2.46. The Morgan fingerprint density at radius 2 is 2.00 bits per heavy atom. The van der Waals surface area contributed by atoms with Gasteiger partial charge >= 0.3 is 6.09 Å². The van der Waals surface area contributed by atoms with E-state index in [0.29, 0.717) is 11.3 Å². The fraction of sp³-hybridized carbons (Fsp3) is 0.333. The molecule has 0 spiro atoms. The molecule has 5 nitrogen and oxygen atoms in total. The minimum atomic E-state index is -1.27. The SMILES string of the molecule is CC(C)(C)OC(=O)NC1(Cc2ccc(Cl)cc2)C=CC(C=O)=C(F)N1. The standard InChI is InChI=1S/C18H20ClFN2O3/c1-17(2,3)25-16(24)22-18(9-8-13(11-23)15(20)21-18)10-12-4-6-14(19)7-5-12/h4-9,11,21H,10H2,1-3H3,(H,22,24). The highest BCUT2D eigenvalue weighted by atomic mass is 35.5. The van der Waals surface area contributed by atoms with E-state index in [1.54, 1.807) is 45.0 Å². The summed E-state index contributed by atoms with van der Waals surface area (Å²) in [6, 6.07) is 6.95. The maximum absolute atomic E-state index is 14.2. The summed E-state index contributed by atoms with van der Waals surface area (Å²) in [5.41, 5.74) is -1.29. The lowest BCUT2D eigenvalue weighted by Gasteiger charge is -2.36. The molecule has 2 N–H and O–H groups in total. The van der Waals surface area contributed by atoms with Gasteiger partial charge < -0.3 is 10.1 Å². The average molecular weight is 367 g/mol. The number of carbonyl (C=O) groups excluding carboxylic acids is 2. The summed E-state index contributed by atoms with van der Waals surface area (Å²) in [5.74, 6) is -0.817.